The van der Waals surface area contributed by atoms with Crippen molar-refractivity contribution in [2.45, 2.75) is 12.1 Å². The van der Waals surface area contributed by atoms with Crippen molar-refractivity contribution in [3.8, 4) is 10.6 Å². The molecule has 0 amide bonds. The Bertz CT molecular complexity index is 1020. The maximum Gasteiger partial charge on any atom is 0.212 e. The van der Waals surface area contributed by atoms with Gasteiger partial charge in [-0.2, -0.15) is 9.61 Å². The van der Waals surface area contributed by atoms with E-state index in [4.69, 9.17) is 0 Å². The van der Waals surface area contributed by atoms with Crippen LogP contribution < -0.4 is 0 Å². The number of fused-ring (bicyclic) bond motifs is 1. The maximum atomic E-state index is 12.3. The van der Waals surface area contributed by atoms with Gasteiger partial charge >= 0.3 is 0 Å². The second-order valence-corrected chi connectivity index (χ2v) is 7.42. The van der Waals surface area contributed by atoms with Crippen molar-refractivity contribution in [2.24, 2.45) is 0 Å². The number of benzene rings is 1. The van der Waals surface area contributed by atoms with E-state index in [-0.39, 0.29) is 5.78 Å². The first kappa shape index (κ1) is 16.0. The first-order valence-electron chi connectivity index (χ1n) is 7.70. The average Bonchev–Trinajstić information content (AvgIpc) is 3.30. The highest BCUT2D eigenvalue weighted by molar-refractivity contribution is 7.99. The van der Waals surface area contributed by atoms with Crippen LogP contribution in [-0.2, 0) is 0 Å². The first-order chi connectivity index (χ1) is 12.2. The largest absolute Gasteiger partial charge is 0.293 e. The van der Waals surface area contributed by atoms with Crippen LogP contribution in [0.4, 0.5) is 0 Å². The zero-order valence-electron chi connectivity index (χ0n) is 13.4. The molecule has 3 aromatic heterocycles. The van der Waals surface area contributed by atoms with Crippen LogP contribution in [0.5, 0.6) is 0 Å². The third-order valence-corrected chi connectivity index (χ3v) is 5.53. The minimum absolute atomic E-state index is 0.0659. The molecule has 7 heteroatoms. The summed E-state index contributed by atoms with van der Waals surface area (Å²) in [6.45, 7) is 2.00. The molecule has 0 unspecified atom stereocenters. The van der Waals surface area contributed by atoms with E-state index in [1.807, 2.05) is 60.8 Å². The van der Waals surface area contributed by atoms with Crippen LogP contribution in [0.1, 0.15) is 15.9 Å². The molecule has 25 heavy (non-hydrogen) atoms. The second-order valence-electron chi connectivity index (χ2n) is 5.53. The highest BCUT2D eigenvalue weighted by atomic mass is 32.2. The molecule has 0 fully saturated rings. The number of aryl methyl sites for hydroxylation is 1. The molecule has 1 aromatic carbocycles. The average molecular weight is 366 g/mol. The first-order valence-corrected chi connectivity index (χ1v) is 9.56. The predicted molar refractivity (Wildman–Crippen MR) is 100 cm³/mol. The molecule has 124 valence electrons. The minimum atomic E-state index is 0.0659. The summed E-state index contributed by atoms with van der Waals surface area (Å²) in [5.41, 5.74) is 3.39. The lowest BCUT2D eigenvalue weighted by atomic mass is 10.1. The lowest BCUT2D eigenvalue weighted by Crippen LogP contribution is -2.04. The van der Waals surface area contributed by atoms with Gasteiger partial charge in [-0.25, -0.2) is 0 Å². The summed E-state index contributed by atoms with van der Waals surface area (Å²) >= 11 is 2.98. The highest BCUT2D eigenvalue weighted by Crippen LogP contribution is 2.24. The van der Waals surface area contributed by atoms with Crippen molar-refractivity contribution < 1.29 is 4.79 Å². The van der Waals surface area contributed by atoms with Gasteiger partial charge in [-0.1, -0.05) is 47.7 Å². The van der Waals surface area contributed by atoms with E-state index in [2.05, 4.69) is 15.3 Å². The molecular weight excluding hydrogens is 352 g/mol. The standard InChI is InChI=1S/C18H14N4OS2/c1-12-4-6-13(7-5-12)15(23)11-25-18-20-19-17-9-8-14(21-22(17)18)16-3-2-10-24-16/h2-10H,11H2,1H3. The minimum Gasteiger partial charge on any atom is -0.293 e. The number of aromatic nitrogens is 4. The zero-order valence-corrected chi connectivity index (χ0v) is 15.0. The van der Waals surface area contributed by atoms with Gasteiger partial charge in [-0.05, 0) is 30.5 Å². The molecule has 0 saturated heterocycles. The van der Waals surface area contributed by atoms with E-state index in [0.29, 0.717) is 22.1 Å². The van der Waals surface area contributed by atoms with Crippen LogP contribution in [-0.4, -0.2) is 31.3 Å². The van der Waals surface area contributed by atoms with Gasteiger partial charge in [0.1, 0.15) is 5.69 Å². The summed E-state index contributed by atoms with van der Waals surface area (Å²) < 4.78 is 1.70. The van der Waals surface area contributed by atoms with Gasteiger partial charge in [0.25, 0.3) is 0 Å². The van der Waals surface area contributed by atoms with E-state index < -0.39 is 0 Å². The van der Waals surface area contributed by atoms with Crippen molar-refractivity contribution in [3.63, 3.8) is 0 Å². The lowest BCUT2D eigenvalue weighted by Gasteiger charge is -2.02. The number of rotatable bonds is 5. The fraction of sp³-hybridized carbons (Fsp3) is 0.111. The van der Waals surface area contributed by atoms with Gasteiger partial charge in [0.15, 0.2) is 11.4 Å². The molecule has 0 bridgehead atoms. The topological polar surface area (TPSA) is 60.2 Å². The van der Waals surface area contributed by atoms with E-state index in [1.165, 1.54) is 11.8 Å². The Labute approximate surface area is 152 Å². The van der Waals surface area contributed by atoms with Gasteiger partial charge in [-0.3, -0.25) is 4.79 Å². The van der Waals surface area contributed by atoms with Crippen molar-refractivity contribution >= 4 is 34.5 Å². The Hall–Kier alpha value is -2.51. The predicted octanol–water partition coefficient (Wildman–Crippen LogP) is 4.14. The van der Waals surface area contributed by atoms with Gasteiger partial charge in [0.05, 0.1) is 10.6 Å². The molecule has 4 aromatic rings. The molecule has 4 rings (SSSR count). The highest BCUT2D eigenvalue weighted by Gasteiger charge is 2.13. The van der Waals surface area contributed by atoms with E-state index >= 15 is 0 Å². The summed E-state index contributed by atoms with van der Waals surface area (Å²) in [6, 6.07) is 15.4. The molecule has 3 heterocycles. The number of Topliss-reactive ketones (excluding diaryl/α,β-unsaturated/α-hetero) is 1. The second kappa shape index (κ2) is 6.78. The molecule has 0 spiro atoms. The zero-order chi connectivity index (χ0) is 17.2. The molecule has 0 atom stereocenters. The number of carbonyl (C=O) groups excluding carboxylic acids is 1. The van der Waals surface area contributed by atoms with Crippen LogP contribution in [0.3, 0.4) is 0 Å². The molecular formula is C18H14N4OS2. The number of carbonyl (C=O) groups is 1. The van der Waals surface area contributed by atoms with Crippen molar-refractivity contribution in [1.29, 1.82) is 0 Å². The third-order valence-electron chi connectivity index (χ3n) is 3.71. The molecule has 0 N–H and O–H groups in total. The van der Waals surface area contributed by atoms with Crippen LogP contribution in [0.2, 0.25) is 0 Å². The van der Waals surface area contributed by atoms with Crippen LogP contribution >= 0.6 is 23.1 Å². The number of hydrogen-bond acceptors (Lipinski definition) is 6. The van der Waals surface area contributed by atoms with E-state index in [1.54, 1.807) is 15.9 Å². The number of thiophene rings is 1. The van der Waals surface area contributed by atoms with Crippen LogP contribution in [0.25, 0.3) is 16.2 Å². The SMILES string of the molecule is Cc1ccc(C(=O)CSc2nnc3ccc(-c4cccs4)nn23)cc1. The van der Waals surface area contributed by atoms with Crippen LogP contribution in [0, 0.1) is 6.92 Å². The van der Waals surface area contributed by atoms with Gasteiger partial charge in [0, 0.05) is 5.56 Å². The van der Waals surface area contributed by atoms with Gasteiger partial charge in [0.2, 0.25) is 5.16 Å². The van der Waals surface area contributed by atoms with Crippen molar-refractivity contribution in [2.75, 3.05) is 5.75 Å². The van der Waals surface area contributed by atoms with E-state index in [9.17, 15) is 4.79 Å². The molecule has 0 saturated carbocycles. The van der Waals surface area contributed by atoms with Crippen LogP contribution in [0.15, 0.2) is 59.1 Å². The molecule has 0 aliphatic heterocycles. The number of ketones is 1. The van der Waals surface area contributed by atoms with Gasteiger partial charge in [-0.15, -0.1) is 21.5 Å². The summed E-state index contributed by atoms with van der Waals surface area (Å²) in [7, 11) is 0. The normalized spacial score (nSPS) is 11.1. The van der Waals surface area contributed by atoms with Gasteiger partial charge < -0.3 is 0 Å². The smallest absolute Gasteiger partial charge is 0.212 e. The summed E-state index contributed by atoms with van der Waals surface area (Å²) in [4.78, 5) is 13.4. The van der Waals surface area contributed by atoms with E-state index in [0.717, 1.165) is 16.1 Å². The quantitative estimate of drug-likeness (QED) is 0.392. The maximum absolute atomic E-state index is 12.3. The molecule has 0 aliphatic rings. The summed E-state index contributed by atoms with van der Waals surface area (Å²) in [5, 5.41) is 15.5. The fourth-order valence-electron chi connectivity index (χ4n) is 2.37. The number of thioether (sulfide) groups is 1. The Morgan fingerprint density at radius 3 is 2.72 bits per heavy atom. The monoisotopic (exact) mass is 366 g/mol. The Balaban J connectivity index is 1.56. The number of hydrogen-bond donors (Lipinski definition) is 0. The Morgan fingerprint density at radius 2 is 1.96 bits per heavy atom. The third kappa shape index (κ3) is 3.33. The number of nitrogens with zero attached hydrogens (tertiary/aromatic N) is 4. The Morgan fingerprint density at radius 1 is 1.12 bits per heavy atom. The Kier molecular flexibility index (Phi) is 4.33. The molecule has 0 aliphatic carbocycles. The lowest BCUT2D eigenvalue weighted by molar-refractivity contribution is 0.102. The summed E-state index contributed by atoms with van der Waals surface area (Å²) in [6.07, 6.45) is 0. The van der Waals surface area contributed by atoms with Crippen molar-refractivity contribution in [1.82, 2.24) is 19.8 Å². The molecule has 5 nitrogen and oxygen atoms in total. The molecule has 0 radical (unpaired) electrons. The fourth-order valence-corrected chi connectivity index (χ4v) is 3.84. The van der Waals surface area contributed by atoms with Crippen molar-refractivity contribution in [3.05, 3.63) is 65.0 Å². The summed E-state index contributed by atoms with van der Waals surface area (Å²) in [5.74, 6) is 0.366.